The minimum Gasteiger partial charge on any atom is -0.379 e. The van der Waals surface area contributed by atoms with Crippen LogP contribution < -0.4 is 10.6 Å². The number of hydrogen-bond donors (Lipinski definition) is 2. The van der Waals surface area contributed by atoms with Crippen LogP contribution in [0.3, 0.4) is 0 Å². The summed E-state index contributed by atoms with van der Waals surface area (Å²) in [5, 5.41) is 7.38. The van der Waals surface area contributed by atoms with Gasteiger partial charge in [-0.3, -0.25) is 14.5 Å². The smallest absolute Gasteiger partial charge is 0.309 e. The maximum Gasteiger partial charge on any atom is 0.309 e. The van der Waals surface area contributed by atoms with E-state index in [0.29, 0.717) is 26.3 Å². The van der Waals surface area contributed by atoms with E-state index in [2.05, 4.69) is 15.5 Å². The molecule has 1 aliphatic rings. The zero-order valence-electron chi connectivity index (χ0n) is 14.8. The van der Waals surface area contributed by atoms with Crippen molar-refractivity contribution in [3.63, 3.8) is 0 Å². The number of aromatic nitrogens is 1. The standard InChI is InChI=1S/C18H24N4O3S/c1-21-6-2-5-15(21)16(22-7-9-25-10-8-22)13-20-18(24)17(23)19-12-14-4-3-11-26-14/h2-6,11,16H,7-10,12-13H2,1H3,(H,19,23)(H,20,24). The summed E-state index contributed by atoms with van der Waals surface area (Å²) in [6, 6.07) is 7.88. The molecule has 0 aliphatic carbocycles. The Balaban J connectivity index is 1.57. The highest BCUT2D eigenvalue weighted by atomic mass is 32.1. The molecule has 1 saturated heterocycles. The molecule has 1 atom stereocenters. The van der Waals surface area contributed by atoms with E-state index in [-0.39, 0.29) is 6.04 Å². The summed E-state index contributed by atoms with van der Waals surface area (Å²) in [5.74, 6) is -1.21. The number of aryl methyl sites for hydroxylation is 1. The Kier molecular flexibility index (Phi) is 6.43. The van der Waals surface area contributed by atoms with Crippen LogP contribution in [0.5, 0.6) is 0 Å². The number of morpholine rings is 1. The lowest BCUT2D eigenvalue weighted by molar-refractivity contribution is -0.139. The van der Waals surface area contributed by atoms with Crippen molar-refractivity contribution >= 4 is 23.2 Å². The average Bonchev–Trinajstić information content (AvgIpc) is 3.33. The Morgan fingerprint density at radius 1 is 1.19 bits per heavy atom. The summed E-state index contributed by atoms with van der Waals surface area (Å²) < 4.78 is 7.47. The van der Waals surface area contributed by atoms with Crippen LogP contribution in [0.2, 0.25) is 0 Å². The van der Waals surface area contributed by atoms with E-state index in [0.717, 1.165) is 23.7 Å². The number of ether oxygens (including phenoxy) is 1. The van der Waals surface area contributed by atoms with Gasteiger partial charge in [-0.15, -0.1) is 11.3 Å². The van der Waals surface area contributed by atoms with Gasteiger partial charge in [-0.1, -0.05) is 6.07 Å². The molecule has 8 heteroatoms. The van der Waals surface area contributed by atoms with E-state index < -0.39 is 11.8 Å². The van der Waals surface area contributed by atoms with Gasteiger partial charge in [0.05, 0.1) is 25.8 Å². The van der Waals surface area contributed by atoms with Crippen LogP contribution in [0, 0.1) is 0 Å². The monoisotopic (exact) mass is 376 g/mol. The maximum atomic E-state index is 12.2. The molecule has 0 saturated carbocycles. The molecule has 2 aromatic rings. The van der Waals surface area contributed by atoms with Gasteiger partial charge in [-0.05, 0) is 23.6 Å². The van der Waals surface area contributed by atoms with Gasteiger partial charge in [0.15, 0.2) is 0 Å². The number of nitrogens with zero attached hydrogens (tertiary/aromatic N) is 2. The largest absolute Gasteiger partial charge is 0.379 e. The summed E-state index contributed by atoms with van der Waals surface area (Å²) in [6.07, 6.45) is 1.98. The molecule has 0 bridgehead atoms. The van der Waals surface area contributed by atoms with Gasteiger partial charge in [0.1, 0.15) is 0 Å². The summed E-state index contributed by atoms with van der Waals surface area (Å²) in [4.78, 5) is 27.5. The topological polar surface area (TPSA) is 75.6 Å². The first-order valence-corrected chi connectivity index (χ1v) is 9.54. The fourth-order valence-electron chi connectivity index (χ4n) is 3.06. The fourth-order valence-corrected chi connectivity index (χ4v) is 3.71. The molecule has 0 aromatic carbocycles. The molecule has 0 radical (unpaired) electrons. The lowest BCUT2D eigenvalue weighted by Gasteiger charge is -2.34. The number of thiophene rings is 1. The number of amides is 2. The minimum atomic E-state index is -0.606. The molecule has 1 aliphatic heterocycles. The maximum absolute atomic E-state index is 12.2. The number of carbonyl (C=O) groups is 2. The lowest BCUT2D eigenvalue weighted by atomic mass is 10.1. The highest BCUT2D eigenvalue weighted by Crippen LogP contribution is 2.21. The third-order valence-corrected chi connectivity index (χ3v) is 5.35. The highest BCUT2D eigenvalue weighted by molar-refractivity contribution is 7.09. The SMILES string of the molecule is Cn1cccc1C(CNC(=O)C(=O)NCc1cccs1)N1CCOCC1. The van der Waals surface area contributed by atoms with E-state index >= 15 is 0 Å². The third kappa shape index (κ3) is 4.72. The molecular weight excluding hydrogens is 352 g/mol. The summed E-state index contributed by atoms with van der Waals surface area (Å²) in [6.45, 7) is 3.71. The van der Waals surface area contributed by atoms with E-state index in [1.54, 1.807) is 11.3 Å². The third-order valence-electron chi connectivity index (χ3n) is 4.48. The second kappa shape index (κ2) is 8.98. The van der Waals surface area contributed by atoms with Crippen molar-refractivity contribution in [2.45, 2.75) is 12.6 Å². The zero-order valence-corrected chi connectivity index (χ0v) is 15.6. The molecule has 1 unspecified atom stereocenters. The van der Waals surface area contributed by atoms with Crippen LogP contribution in [-0.2, 0) is 27.9 Å². The van der Waals surface area contributed by atoms with Crippen LogP contribution in [0.25, 0.3) is 0 Å². The molecule has 140 valence electrons. The molecule has 2 N–H and O–H groups in total. The Bertz CT molecular complexity index is 723. The summed E-state index contributed by atoms with van der Waals surface area (Å²) in [5.41, 5.74) is 1.10. The molecule has 2 amide bonds. The van der Waals surface area contributed by atoms with Crippen LogP contribution in [0.1, 0.15) is 16.6 Å². The number of carbonyl (C=O) groups excluding carboxylic acids is 2. The average molecular weight is 376 g/mol. The molecule has 1 fully saturated rings. The van der Waals surface area contributed by atoms with Crippen molar-refractivity contribution in [1.82, 2.24) is 20.1 Å². The first-order valence-electron chi connectivity index (χ1n) is 8.66. The molecule has 26 heavy (non-hydrogen) atoms. The quantitative estimate of drug-likeness (QED) is 0.735. The van der Waals surface area contributed by atoms with Crippen LogP contribution in [0.4, 0.5) is 0 Å². The van der Waals surface area contributed by atoms with Gasteiger partial charge in [-0.2, -0.15) is 0 Å². The van der Waals surface area contributed by atoms with E-state index in [1.807, 2.05) is 47.5 Å². The van der Waals surface area contributed by atoms with Gasteiger partial charge >= 0.3 is 11.8 Å². The van der Waals surface area contributed by atoms with Crippen molar-refractivity contribution in [1.29, 1.82) is 0 Å². The van der Waals surface area contributed by atoms with Crippen molar-refractivity contribution in [2.75, 3.05) is 32.8 Å². The molecule has 7 nitrogen and oxygen atoms in total. The Hall–Kier alpha value is -2.16. The predicted molar refractivity (Wildman–Crippen MR) is 99.7 cm³/mol. The van der Waals surface area contributed by atoms with Gasteiger partial charge in [0, 0.05) is 43.4 Å². The van der Waals surface area contributed by atoms with Crippen molar-refractivity contribution < 1.29 is 14.3 Å². The fraction of sp³-hybridized carbons (Fsp3) is 0.444. The van der Waals surface area contributed by atoms with Gasteiger partial charge in [0.2, 0.25) is 0 Å². The Morgan fingerprint density at radius 2 is 1.96 bits per heavy atom. The first-order chi connectivity index (χ1) is 12.6. The number of hydrogen-bond acceptors (Lipinski definition) is 5. The van der Waals surface area contributed by atoms with Crippen LogP contribution in [-0.4, -0.2) is 54.1 Å². The lowest BCUT2D eigenvalue weighted by Crippen LogP contribution is -2.47. The highest BCUT2D eigenvalue weighted by Gasteiger charge is 2.25. The second-order valence-corrected chi connectivity index (χ2v) is 7.21. The Labute approximate surface area is 156 Å². The van der Waals surface area contributed by atoms with Gasteiger partial charge < -0.3 is 19.9 Å². The van der Waals surface area contributed by atoms with Gasteiger partial charge in [0.25, 0.3) is 0 Å². The molecule has 3 heterocycles. The van der Waals surface area contributed by atoms with E-state index in [4.69, 9.17) is 4.74 Å². The molecular formula is C18H24N4O3S. The van der Waals surface area contributed by atoms with E-state index in [1.165, 1.54) is 0 Å². The normalized spacial score (nSPS) is 16.2. The van der Waals surface area contributed by atoms with Crippen molar-refractivity contribution in [3.8, 4) is 0 Å². The van der Waals surface area contributed by atoms with E-state index in [9.17, 15) is 9.59 Å². The van der Waals surface area contributed by atoms with Crippen molar-refractivity contribution in [3.05, 3.63) is 46.4 Å². The molecule has 0 spiro atoms. The Morgan fingerprint density at radius 3 is 2.62 bits per heavy atom. The van der Waals surface area contributed by atoms with Crippen LogP contribution in [0.15, 0.2) is 35.8 Å². The van der Waals surface area contributed by atoms with Crippen LogP contribution >= 0.6 is 11.3 Å². The number of rotatable bonds is 6. The zero-order chi connectivity index (χ0) is 18.4. The number of nitrogens with one attached hydrogen (secondary N) is 2. The summed E-state index contributed by atoms with van der Waals surface area (Å²) >= 11 is 1.55. The second-order valence-electron chi connectivity index (χ2n) is 6.18. The minimum absolute atomic E-state index is 0.00736. The molecule has 3 rings (SSSR count). The molecule has 2 aromatic heterocycles. The summed E-state index contributed by atoms with van der Waals surface area (Å²) in [7, 11) is 1.98. The van der Waals surface area contributed by atoms with Crippen molar-refractivity contribution in [2.24, 2.45) is 7.05 Å². The first kappa shape index (κ1) is 18.6. The predicted octanol–water partition coefficient (Wildman–Crippen LogP) is 0.892. The van der Waals surface area contributed by atoms with Gasteiger partial charge in [-0.25, -0.2) is 0 Å².